The first-order valence-corrected chi connectivity index (χ1v) is 6.23. The molecule has 4 nitrogen and oxygen atoms in total. The van der Waals surface area contributed by atoms with Crippen LogP contribution in [0.3, 0.4) is 0 Å². The number of hydrogen-bond acceptors (Lipinski definition) is 3. The first-order chi connectivity index (χ1) is 8.45. The molecule has 0 heterocycles. The summed E-state index contributed by atoms with van der Waals surface area (Å²) in [5.41, 5.74) is 7.76. The smallest absolute Gasteiger partial charge is 0.251 e. The van der Waals surface area contributed by atoms with E-state index in [2.05, 4.69) is 5.32 Å². The summed E-state index contributed by atoms with van der Waals surface area (Å²) < 4.78 is 0. The van der Waals surface area contributed by atoms with Crippen LogP contribution in [0.15, 0.2) is 18.2 Å². The molecule has 1 unspecified atom stereocenters. The Hall–Kier alpha value is -1.55. The van der Waals surface area contributed by atoms with Crippen LogP contribution in [0.1, 0.15) is 36.2 Å². The second-order valence-corrected chi connectivity index (χ2v) is 4.91. The molecular weight excluding hydrogens is 228 g/mol. The van der Waals surface area contributed by atoms with Crippen molar-refractivity contribution < 1.29 is 9.90 Å². The van der Waals surface area contributed by atoms with Gasteiger partial charge in [-0.25, -0.2) is 0 Å². The molecule has 0 aliphatic carbocycles. The van der Waals surface area contributed by atoms with Crippen LogP contribution in [0.2, 0.25) is 0 Å². The zero-order valence-electron chi connectivity index (χ0n) is 11.2. The average Bonchev–Trinajstić information content (AvgIpc) is 2.31. The van der Waals surface area contributed by atoms with Crippen LogP contribution < -0.4 is 11.1 Å². The predicted octanol–water partition coefficient (Wildman–Crippen LogP) is 1.71. The Balaban J connectivity index is 2.83. The van der Waals surface area contributed by atoms with Gasteiger partial charge in [0.2, 0.25) is 0 Å². The Morgan fingerprint density at radius 3 is 2.67 bits per heavy atom. The van der Waals surface area contributed by atoms with Gasteiger partial charge in [-0.1, -0.05) is 19.9 Å². The number of nitrogens with one attached hydrogen (secondary N) is 1. The third-order valence-corrected chi connectivity index (χ3v) is 3.07. The quantitative estimate of drug-likeness (QED) is 0.696. The lowest BCUT2D eigenvalue weighted by Crippen LogP contribution is -2.39. The summed E-state index contributed by atoms with van der Waals surface area (Å²) in [6, 6.07) is 5.27. The molecule has 0 radical (unpaired) electrons. The highest BCUT2D eigenvalue weighted by atomic mass is 16.3. The fraction of sp³-hybridized carbons (Fsp3) is 0.500. The normalized spacial score (nSPS) is 12.5. The first kappa shape index (κ1) is 14.5. The van der Waals surface area contributed by atoms with Gasteiger partial charge in [0.25, 0.3) is 5.91 Å². The average molecular weight is 250 g/mol. The summed E-state index contributed by atoms with van der Waals surface area (Å²) in [4.78, 5) is 12.2. The molecule has 0 saturated carbocycles. The lowest BCUT2D eigenvalue weighted by molar-refractivity contribution is 0.0916. The van der Waals surface area contributed by atoms with Crippen LogP contribution in [0.25, 0.3) is 0 Å². The third-order valence-electron chi connectivity index (χ3n) is 3.07. The van der Waals surface area contributed by atoms with Gasteiger partial charge in [0, 0.05) is 23.9 Å². The van der Waals surface area contributed by atoms with Crippen LogP contribution in [-0.4, -0.2) is 23.7 Å². The van der Waals surface area contributed by atoms with E-state index in [0.29, 0.717) is 17.7 Å². The number of rotatable bonds is 5. The minimum atomic E-state index is -0.132. The largest absolute Gasteiger partial charge is 0.399 e. The van der Waals surface area contributed by atoms with Crippen LogP contribution in [0.5, 0.6) is 0 Å². The maximum Gasteiger partial charge on any atom is 0.251 e. The number of nitrogens with two attached hydrogens (primary N) is 1. The molecule has 1 amide bonds. The monoisotopic (exact) mass is 250 g/mol. The highest BCUT2D eigenvalue weighted by Gasteiger charge is 2.17. The summed E-state index contributed by atoms with van der Waals surface area (Å²) in [7, 11) is 0. The second-order valence-electron chi connectivity index (χ2n) is 4.91. The molecule has 1 atom stereocenters. The summed E-state index contributed by atoms with van der Waals surface area (Å²) in [5.74, 6) is 0.148. The van der Waals surface area contributed by atoms with Crippen molar-refractivity contribution in [3.05, 3.63) is 29.3 Å². The lowest BCUT2D eigenvalue weighted by atomic mass is 10.00. The van der Waals surface area contributed by atoms with E-state index in [0.717, 1.165) is 5.56 Å². The van der Waals surface area contributed by atoms with Crippen molar-refractivity contribution in [2.75, 3.05) is 12.3 Å². The van der Waals surface area contributed by atoms with Crippen LogP contribution in [-0.2, 0) is 0 Å². The van der Waals surface area contributed by atoms with E-state index < -0.39 is 0 Å². The van der Waals surface area contributed by atoms with Crippen molar-refractivity contribution in [2.45, 2.75) is 33.2 Å². The molecule has 4 N–H and O–H groups in total. The molecule has 1 aromatic carbocycles. The zero-order chi connectivity index (χ0) is 13.7. The van der Waals surface area contributed by atoms with Crippen LogP contribution >= 0.6 is 0 Å². The Morgan fingerprint density at radius 2 is 2.11 bits per heavy atom. The van der Waals surface area contributed by atoms with Crippen molar-refractivity contribution in [3.63, 3.8) is 0 Å². The SMILES string of the molecule is Cc1ccc(N)cc1C(=O)NC(CCO)C(C)C. The summed E-state index contributed by atoms with van der Waals surface area (Å²) in [6.45, 7) is 5.99. The number of aliphatic hydroxyl groups excluding tert-OH is 1. The Morgan fingerprint density at radius 1 is 1.44 bits per heavy atom. The zero-order valence-corrected chi connectivity index (χ0v) is 11.2. The van der Waals surface area contributed by atoms with E-state index in [-0.39, 0.29) is 24.5 Å². The highest BCUT2D eigenvalue weighted by molar-refractivity contribution is 5.96. The lowest BCUT2D eigenvalue weighted by Gasteiger charge is -2.22. The number of carbonyl (C=O) groups excluding carboxylic acids is 1. The number of anilines is 1. The van der Waals surface area contributed by atoms with Crippen LogP contribution in [0.4, 0.5) is 5.69 Å². The van der Waals surface area contributed by atoms with Crippen molar-refractivity contribution in [3.8, 4) is 0 Å². The van der Waals surface area contributed by atoms with Crippen molar-refractivity contribution in [1.29, 1.82) is 0 Å². The summed E-state index contributed by atoms with van der Waals surface area (Å²) >= 11 is 0. The molecule has 100 valence electrons. The number of nitrogen functional groups attached to an aromatic ring is 1. The van der Waals surface area contributed by atoms with E-state index in [1.807, 2.05) is 26.8 Å². The number of amides is 1. The Labute approximate surface area is 108 Å². The molecule has 4 heteroatoms. The Kier molecular flexibility index (Phi) is 5.16. The highest BCUT2D eigenvalue weighted by Crippen LogP contribution is 2.14. The van der Waals surface area contributed by atoms with Gasteiger partial charge in [-0.05, 0) is 37.0 Å². The summed E-state index contributed by atoms with van der Waals surface area (Å²) in [6.07, 6.45) is 0.560. The molecule has 0 spiro atoms. The van der Waals surface area contributed by atoms with Crippen molar-refractivity contribution >= 4 is 11.6 Å². The Bertz CT molecular complexity index is 416. The standard InChI is InChI=1S/C14H22N2O2/c1-9(2)13(6-7-17)16-14(18)12-8-11(15)5-4-10(12)3/h4-5,8-9,13,17H,6-7,15H2,1-3H3,(H,16,18). The van der Waals surface area contributed by atoms with E-state index in [4.69, 9.17) is 10.8 Å². The first-order valence-electron chi connectivity index (χ1n) is 6.23. The minimum absolute atomic E-state index is 0.0247. The van der Waals surface area contributed by atoms with Gasteiger partial charge in [-0.15, -0.1) is 0 Å². The number of carbonyl (C=O) groups is 1. The van der Waals surface area contributed by atoms with Gasteiger partial charge in [-0.3, -0.25) is 4.79 Å². The van der Waals surface area contributed by atoms with Crippen LogP contribution in [0, 0.1) is 12.8 Å². The second kappa shape index (κ2) is 6.40. The molecule has 0 aliphatic heterocycles. The number of aliphatic hydroxyl groups is 1. The van der Waals surface area contributed by atoms with Gasteiger partial charge < -0.3 is 16.2 Å². The topological polar surface area (TPSA) is 75.4 Å². The fourth-order valence-corrected chi connectivity index (χ4v) is 1.84. The van der Waals surface area contributed by atoms with Gasteiger partial charge in [0.1, 0.15) is 0 Å². The molecular formula is C14H22N2O2. The van der Waals surface area contributed by atoms with E-state index in [1.165, 1.54) is 0 Å². The van der Waals surface area contributed by atoms with Gasteiger partial charge in [0.05, 0.1) is 0 Å². The molecule has 1 aromatic rings. The van der Waals surface area contributed by atoms with E-state index in [1.54, 1.807) is 12.1 Å². The molecule has 0 aromatic heterocycles. The fourth-order valence-electron chi connectivity index (χ4n) is 1.84. The van der Waals surface area contributed by atoms with Gasteiger partial charge in [0.15, 0.2) is 0 Å². The number of benzene rings is 1. The van der Waals surface area contributed by atoms with E-state index >= 15 is 0 Å². The molecule has 0 fully saturated rings. The molecule has 0 aliphatic rings. The van der Waals surface area contributed by atoms with Crippen molar-refractivity contribution in [1.82, 2.24) is 5.32 Å². The predicted molar refractivity (Wildman–Crippen MR) is 73.4 cm³/mol. The minimum Gasteiger partial charge on any atom is -0.399 e. The summed E-state index contributed by atoms with van der Waals surface area (Å²) in [5, 5.41) is 11.9. The third kappa shape index (κ3) is 3.74. The van der Waals surface area contributed by atoms with Crippen molar-refractivity contribution in [2.24, 2.45) is 5.92 Å². The molecule has 0 bridgehead atoms. The number of aryl methyl sites for hydroxylation is 1. The molecule has 18 heavy (non-hydrogen) atoms. The maximum absolute atomic E-state index is 12.2. The molecule has 1 rings (SSSR count). The van der Waals surface area contributed by atoms with Gasteiger partial charge in [-0.2, -0.15) is 0 Å². The van der Waals surface area contributed by atoms with E-state index in [9.17, 15) is 4.79 Å². The maximum atomic E-state index is 12.2. The van der Waals surface area contributed by atoms with Gasteiger partial charge >= 0.3 is 0 Å². The number of hydrogen-bond donors (Lipinski definition) is 3. The molecule has 0 saturated heterocycles.